The van der Waals surface area contributed by atoms with E-state index >= 15 is 0 Å². The second-order valence-electron chi connectivity index (χ2n) is 6.10. The average molecular weight is 235 g/mol. The van der Waals surface area contributed by atoms with Gasteiger partial charge in [-0.1, -0.05) is 51.5 Å². The van der Waals surface area contributed by atoms with Gasteiger partial charge in [0.05, 0.1) is 0 Å². The Morgan fingerprint density at radius 1 is 0.824 bits per heavy atom. The summed E-state index contributed by atoms with van der Waals surface area (Å²) in [5.74, 6) is 1.69. The number of nitrogens with one attached hydrogen (secondary N) is 1. The summed E-state index contributed by atoms with van der Waals surface area (Å²) in [6.07, 6.45) is 15.7. The summed E-state index contributed by atoms with van der Waals surface area (Å²) in [5, 5.41) is 3.66. The first-order valence-corrected chi connectivity index (χ1v) is 7.79. The van der Waals surface area contributed by atoms with Gasteiger partial charge >= 0.3 is 0 Å². The van der Waals surface area contributed by atoms with Crippen LogP contribution in [0, 0.1) is 11.8 Å². The molecular weight excluding hydrogens is 206 g/mol. The first kappa shape index (κ1) is 13.0. The Labute approximate surface area is 107 Å². The molecule has 2 aliphatic carbocycles. The number of allylic oxidation sites excluding steroid dienone is 1. The van der Waals surface area contributed by atoms with Crippen LogP contribution in [0.25, 0.3) is 0 Å². The third-order valence-corrected chi connectivity index (χ3v) is 4.69. The molecule has 2 saturated carbocycles. The molecule has 0 aliphatic heterocycles. The van der Waals surface area contributed by atoms with E-state index in [1.54, 1.807) is 0 Å². The lowest BCUT2D eigenvalue weighted by molar-refractivity contribution is 0.343. The Balaban J connectivity index is 1.68. The van der Waals surface area contributed by atoms with E-state index in [4.69, 9.17) is 0 Å². The molecule has 17 heavy (non-hydrogen) atoms. The fourth-order valence-corrected chi connectivity index (χ4v) is 3.44. The Hall–Kier alpha value is -0.460. The smallest absolute Gasteiger partial charge is 0.0172 e. The van der Waals surface area contributed by atoms with Crippen LogP contribution in [-0.2, 0) is 0 Å². The van der Waals surface area contributed by atoms with E-state index < -0.39 is 0 Å². The maximum atomic E-state index is 4.29. The third-order valence-electron chi connectivity index (χ3n) is 4.69. The molecule has 1 heteroatoms. The number of hydrogen-bond acceptors (Lipinski definition) is 1. The average Bonchev–Trinajstić information content (AvgIpc) is 2.66. The van der Waals surface area contributed by atoms with Crippen molar-refractivity contribution in [1.29, 1.82) is 0 Å². The van der Waals surface area contributed by atoms with Crippen molar-refractivity contribution in [2.24, 2.45) is 11.8 Å². The van der Waals surface area contributed by atoms with Gasteiger partial charge in [0.25, 0.3) is 0 Å². The summed E-state index contributed by atoms with van der Waals surface area (Å²) in [5.41, 5.74) is 1.34. The zero-order valence-corrected chi connectivity index (χ0v) is 11.3. The van der Waals surface area contributed by atoms with E-state index in [-0.39, 0.29) is 0 Å². The molecule has 2 fully saturated rings. The predicted molar refractivity (Wildman–Crippen MR) is 74.9 cm³/mol. The van der Waals surface area contributed by atoms with E-state index in [0.717, 1.165) is 11.8 Å². The molecular formula is C16H29N. The quantitative estimate of drug-likeness (QED) is 0.700. The van der Waals surface area contributed by atoms with Crippen molar-refractivity contribution in [2.75, 3.05) is 6.54 Å². The minimum atomic E-state index is 0.765. The topological polar surface area (TPSA) is 12.0 Å². The van der Waals surface area contributed by atoms with Gasteiger partial charge in [-0.15, -0.1) is 0 Å². The van der Waals surface area contributed by atoms with Crippen LogP contribution in [0.15, 0.2) is 12.3 Å². The minimum Gasteiger partial charge on any atom is -0.388 e. The second kappa shape index (κ2) is 7.08. The lowest BCUT2D eigenvalue weighted by atomic mass is 9.89. The third kappa shape index (κ3) is 4.37. The first-order valence-electron chi connectivity index (χ1n) is 7.79. The fraction of sp³-hybridized carbons (Fsp3) is 0.875. The van der Waals surface area contributed by atoms with E-state index in [2.05, 4.69) is 11.9 Å². The van der Waals surface area contributed by atoms with Crippen LogP contribution in [0.4, 0.5) is 0 Å². The number of rotatable bonds is 4. The van der Waals surface area contributed by atoms with Crippen molar-refractivity contribution < 1.29 is 0 Å². The van der Waals surface area contributed by atoms with Crippen LogP contribution >= 0.6 is 0 Å². The second-order valence-corrected chi connectivity index (χ2v) is 6.10. The van der Waals surface area contributed by atoms with Gasteiger partial charge in [-0.3, -0.25) is 0 Å². The summed E-state index contributed by atoms with van der Waals surface area (Å²) in [7, 11) is 0. The molecule has 98 valence electrons. The summed E-state index contributed by atoms with van der Waals surface area (Å²) in [6.45, 7) is 5.48. The summed E-state index contributed by atoms with van der Waals surface area (Å²) in [6, 6.07) is 0. The lowest BCUT2D eigenvalue weighted by Gasteiger charge is -2.25. The van der Waals surface area contributed by atoms with E-state index in [0.29, 0.717) is 0 Å². The van der Waals surface area contributed by atoms with Crippen LogP contribution < -0.4 is 5.32 Å². The molecule has 0 unspecified atom stereocenters. The van der Waals surface area contributed by atoms with Gasteiger partial charge in [-0.05, 0) is 37.5 Å². The molecule has 0 atom stereocenters. The van der Waals surface area contributed by atoms with Crippen molar-refractivity contribution in [3.8, 4) is 0 Å². The minimum absolute atomic E-state index is 0.765. The highest BCUT2D eigenvalue weighted by atomic mass is 14.9. The fourth-order valence-electron chi connectivity index (χ4n) is 3.44. The Bertz CT molecular complexity index is 220. The maximum Gasteiger partial charge on any atom is 0.0172 e. The molecule has 0 saturated heterocycles. The summed E-state index contributed by atoms with van der Waals surface area (Å²) in [4.78, 5) is 0. The van der Waals surface area contributed by atoms with Crippen LogP contribution in [0.2, 0.25) is 0 Å². The van der Waals surface area contributed by atoms with Crippen molar-refractivity contribution in [2.45, 2.75) is 70.6 Å². The summed E-state index contributed by atoms with van der Waals surface area (Å²) >= 11 is 0. The normalized spacial score (nSPS) is 24.2. The van der Waals surface area contributed by atoms with E-state index in [1.807, 2.05) is 0 Å². The maximum absolute atomic E-state index is 4.29. The zero-order chi connectivity index (χ0) is 11.9. The molecule has 0 aromatic heterocycles. The zero-order valence-electron chi connectivity index (χ0n) is 11.3. The molecule has 0 heterocycles. The number of hydrogen-bond donors (Lipinski definition) is 1. The van der Waals surface area contributed by atoms with Crippen molar-refractivity contribution in [3.05, 3.63) is 12.3 Å². The molecule has 0 aromatic rings. The predicted octanol–water partition coefficient (Wildman–Crippen LogP) is 4.64. The largest absolute Gasteiger partial charge is 0.388 e. The van der Waals surface area contributed by atoms with E-state index in [1.165, 1.54) is 82.9 Å². The van der Waals surface area contributed by atoms with Gasteiger partial charge in [-0.2, -0.15) is 0 Å². The molecule has 1 nitrogen and oxygen atoms in total. The van der Waals surface area contributed by atoms with E-state index in [9.17, 15) is 0 Å². The SMILES string of the molecule is C=C(NCC1CCCCC1)C1CCCCCC1. The first-order chi connectivity index (χ1) is 8.36. The van der Waals surface area contributed by atoms with Crippen LogP contribution in [0.5, 0.6) is 0 Å². The molecule has 2 aliphatic rings. The molecule has 0 bridgehead atoms. The Kier molecular flexibility index (Phi) is 5.41. The van der Waals surface area contributed by atoms with Crippen molar-refractivity contribution in [1.82, 2.24) is 5.32 Å². The van der Waals surface area contributed by atoms with Gasteiger partial charge < -0.3 is 5.32 Å². The molecule has 0 spiro atoms. The highest BCUT2D eigenvalue weighted by molar-refractivity contribution is 4.99. The van der Waals surface area contributed by atoms with Gasteiger partial charge in [-0.25, -0.2) is 0 Å². The van der Waals surface area contributed by atoms with Crippen molar-refractivity contribution >= 4 is 0 Å². The molecule has 0 aromatic carbocycles. The van der Waals surface area contributed by atoms with Gasteiger partial charge in [0.15, 0.2) is 0 Å². The van der Waals surface area contributed by atoms with Gasteiger partial charge in [0.2, 0.25) is 0 Å². The monoisotopic (exact) mass is 235 g/mol. The van der Waals surface area contributed by atoms with Crippen LogP contribution in [0.1, 0.15) is 70.6 Å². The highest BCUT2D eigenvalue weighted by Crippen LogP contribution is 2.28. The highest BCUT2D eigenvalue weighted by Gasteiger charge is 2.17. The van der Waals surface area contributed by atoms with Crippen molar-refractivity contribution in [3.63, 3.8) is 0 Å². The summed E-state index contributed by atoms with van der Waals surface area (Å²) < 4.78 is 0. The molecule has 1 N–H and O–H groups in total. The Morgan fingerprint density at radius 2 is 1.35 bits per heavy atom. The standard InChI is InChI=1S/C16H29N/c1-14(16-11-7-2-3-8-12-16)17-13-15-9-5-4-6-10-15/h15-17H,1-13H2. The Morgan fingerprint density at radius 3 is 2.00 bits per heavy atom. The molecule has 2 rings (SSSR count). The molecule has 0 radical (unpaired) electrons. The lowest BCUT2D eigenvalue weighted by Crippen LogP contribution is -2.26. The van der Waals surface area contributed by atoms with Gasteiger partial charge in [0, 0.05) is 12.2 Å². The van der Waals surface area contributed by atoms with Gasteiger partial charge in [0.1, 0.15) is 0 Å². The van der Waals surface area contributed by atoms with Crippen LogP contribution in [-0.4, -0.2) is 6.54 Å². The molecule has 0 amide bonds. The van der Waals surface area contributed by atoms with Crippen LogP contribution in [0.3, 0.4) is 0 Å².